The molecule has 0 atom stereocenters. The molecule has 0 spiro atoms. The van der Waals surface area contributed by atoms with Crippen molar-refractivity contribution in [3.63, 3.8) is 0 Å². The maximum absolute atomic E-state index is 12.8. The Hall–Kier alpha value is -2.71. The fourth-order valence-electron chi connectivity index (χ4n) is 2.25. The highest BCUT2D eigenvalue weighted by Gasteiger charge is 2.18. The molecule has 2 aromatic carbocycles. The summed E-state index contributed by atoms with van der Waals surface area (Å²) in [6.45, 7) is 0.0991. The third kappa shape index (κ3) is 5.90. The molecule has 0 saturated carbocycles. The average molecular weight is 423 g/mol. The van der Waals surface area contributed by atoms with Crippen LogP contribution in [0.5, 0.6) is 11.5 Å². The molecule has 9 heteroatoms. The van der Waals surface area contributed by atoms with Crippen molar-refractivity contribution in [2.75, 3.05) is 20.8 Å². The number of thioether (sulfide) groups is 1. The van der Waals surface area contributed by atoms with Crippen molar-refractivity contribution in [1.82, 2.24) is 5.32 Å². The van der Waals surface area contributed by atoms with Gasteiger partial charge in [0.1, 0.15) is 11.5 Å². The van der Waals surface area contributed by atoms with Gasteiger partial charge in [-0.1, -0.05) is 11.6 Å². The lowest BCUT2D eigenvalue weighted by atomic mass is 10.2. The standard InChI is InChI=1S/C19H19ClN2O5S/c1-26-13-7-11(8-14(10-13)27-2)19(25)28-16-9-12(20)3-4-15(16)18(24)22-6-5-17(21)23/h3-4,7-10H,5-6H2,1-2H3,(H2,21,23)(H,22,24). The molecule has 0 fully saturated rings. The Morgan fingerprint density at radius 1 is 1.07 bits per heavy atom. The van der Waals surface area contributed by atoms with Crippen LogP contribution in [-0.2, 0) is 4.79 Å². The second-order valence-corrected chi connectivity index (χ2v) is 7.05. The summed E-state index contributed by atoms with van der Waals surface area (Å²) in [7, 11) is 2.98. The largest absolute Gasteiger partial charge is 0.497 e. The molecular formula is C19H19ClN2O5S. The molecule has 0 aliphatic carbocycles. The molecule has 28 heavy (non-hydrogen) atoms. The summed E-state index contributed by atoms with van der Waals surface area (Å²) < 4.78 is 10.4. The number of ether oxygens (including phenoxy) is 2. The Bertz CT molecular complexity index is 882. The van der Waals surface area contributed by atoms with E-state index in [4.69, 9.17) is 26.8 Å². The number of halogens is 1. The summed E-state index contributed by atoms with van der Waals surface area (Å²) in [6.07, 6.45) is 0.0182. The molecule has 3 N–H and O–H groups in total. The van der Waals surface area contributed by atoms with Gasteiger partial charge >= 0.3 is 0 Å². The number of methoxy groups -OCH3 is 2. The van der Waals surface area contributed by atoms with Crippen LogP contribution in [-0.4, -0.2) is 37.7 Å². The lowest BCUT2D eigenvalue weighted by Gasteiger charge is -2.11. The molecule has 2 amide bonds. The molecule has 0 radical (unpaired) electrons. The van der Waals surface area contributed by atoms with E-state index in [2.05, 4.69) is 5.32 Å². The van der Waals surface area contributed by atoms with E-state index in [1.165, 1.54) is 26.4 Å². The normalized spacial score (nSPS) is 10.2. The van der Waals surface area contributed by atoms with Crippen LogP contribution in [0.4, 0.5) is 0 Å². The summed E-state index contributed by atoms with van der Waals surface area (Å²) >= 11 is 6.89. The molecule has 7 nitrogen and oxygen atoms in total. The third-order valence-electron chi connectivity index (χ3n) is 3.64. The minimum absolute atomic E-state index is 0.0182. The van der Waals surface area contributed by atoms with Gasteiger partial charge in [0.15, 0.2) is 0 Å². The lowest BCUT2D eigenvalue weighted by molar-refractivity contribution is -0.117. The predicted molar refractivity (Wildman–Crippen MR) is 107 cm³/mol. The Balaban J connectivity index is 2.25. The van der Waals surface area contributed by atoms with Gasteiger partial charge in [-0.3, -0.25) is 14.4 Å². The van der Waals surface area contributed by atoms with E-state index in [0.717, 1.165) is 11.8 Å². The summed E-state index contributed by atoms with van der Waals surface area (Å²) in [5.41, 5.74) is 5.68. The van der Waals surface area contributed by atoms with Gasteiger partial charge in [0, 0.05) is 34.5 Å². The zero-order valence-corrected chi connectivity index (χ0v) is 16.9. The van der Waals surface area contributed by atoms with Gasteiger partial charge in [0.2, 0.25) is 11.0 Å². The fourth-order valence-corrected chi connectivity index (χ4v) is 3.38. The van der Waals surface area contributed by atoms with Crippen LogP contribution in [0, 0.1) is 0 Å². The first-order valence-corrected chi connectivity index (χ1v) is 9.34. The number of nitrogens with two attached hydrogens (primary N) is 1. The number of carbonyl (C=O) groups excluding carboxylic acids is 3. The number of primary amides is 1. The molecule has 2 rings (SSSR count). The first kappa shape index (κ1) is 21.6. The van der Waals surface area contributed by atoms with Crippen LogP contribution in [0.1, 0.15) is 27.1 Å². The van der Waals surface area contributed by atoms with Crippen molar-refractivity contribution < 1.29 is 23.9 Å². The molecule has 0 aliphatic rings. The summed E-state index contributed by atoms with van der Waals surface area (Å²) in [4.78, 5) is 36.4. The summed E-state index contributed by atoms with van der Waals surface area (Å²) in [5.74, 6) is -0.0118. The second-order valence-electron chi connectivity index (χ2n) is 5.60. The number of benzene rings is 2. The van der Waals surface area contributed by atoms with E-state index in [9.17, 15) is 14.4 Å². The molecule has 0 bridgehead atoms. The monoisotopic (exact) mass is 422 g/mol. The van der Waals surface area contributed by atoms with Crippen LogP contribution in [0.2, 0.25) is 5.02 Å². The van der Waals surface area contributed by atoms with Crippen molar-refractivity contribution >= 4 is 40.3 Å². The molecule has 0 aliphatic heterocycles. The molecule has 148 valence electrons. The Labute approximate surface area is 171 Å². The number of amides is 2. The number of carbonyl (C=O) groups is 3. The molecule has 0 aromatic heterocycles. The van der Waals surface area contributed by atoms with Crippen LogP contribution in [0.25, 0.3) is 0 Å². The van der Waals surface area contributed by atoms with E-state index in [1.807, 2.05) is 0 Å². The van der Waals surface area contributed by atoms with E-state index in [-0.39, 0.29) is 23.6 Å². The smallest absolute Gasteiger partial charge is 0.252 e. The quantitative estimate of drug-likeness (QED) is 0.633. The molecule has 0 heterocycles. The van der Waals surface area contributed by atoms with Crippen LogP contribution in [0.15, 0.2) is 41.3 Å². The highest BCUT2D eigenvalue weighted by atomic mass is 35.5. The first-order valence-electron chi connectivity index (χ1n) is 8.15. The zero-order chi connectivity index (χ0) is 20.7. The van der Waals surface area contributed by atoms with Crippen LogP contribution < -0.4 is 20.5 Å². The highest BCUT2D eigenvalue weighted by Crippen LogP contribution is 2.32. The predicted octanol–water partition coefficient (Wildman–Crippen LogP) is 2.89. The van der Waals surface area contributed by atoms with E-state index >= 15 is 0 Å². The van der Waals surface area contributed by atoms with Gasteiger partial charge in [-0.05, 0) is 42.1 Å². The Kier molecular flexibility index (Phi) is 7.71. The number of nitrogens with one attached hydrogen (secondary N) is 1. The van der Waals surface area contributed by atoms with E-state index in [0.29, 0.717) is 27.0 Å². The van der Waals surface area contributed by atoms with E-state index in [1.54, 1.807) is 24.3 Å². The Morgan fingerprint density at radius 2 is 1.71 bits per heavy atom. The first-order chi connectivity index (χ1) is 13.3. The molecule has 0 saturated heterocycles. The van der Waals surface area contributed by atoms with Gasteiger partial charge < -0.3 is 20.5 Å². The molecule has 0 unspecified atom stereocenters. The SMILES string of the molecule is COc1cc(OC)cc(C(=O)Sc2cc(Cl)ccc2C(=O)NCCC(N)=O)c1. The van der Waals surface area contributed by atoms with Crippen molar-refractivity contribution in [3.8, 4) is 11.5 Å². The zero-order valence-electron chi connectivity index (χ0n) is 15.3. The van der Waals surface area contributed by atoms with Crippen molar-refractivity contribution in [2.45, 2.75) is 11.3 Å². The maximum Gasteiger partial charge on any atom is 0.252 e. The van der Waals surface area contributed by atoms with Gasteiger partial charge in [-0.25, -0.2) is 0 Å². The lowest BCUT2D eigenvalue weighted by Crippen LogP contribution is -2.28. The minimum Gasteiger partial charge on any atom is -0.497 e. The molecule has 2 aromatic rings. The highest BCUT2D eigenvalue weighted by molar-refractivity contribution is 8.14. The van der Waals surface area contributed by atoms with Crippen LogP contribution in [0.3, 0.4) is 0 Å². The fraction of sp³-hybridized carbons (Fsp3) is 0.211. The second kappa shape index (κ2) is 10.0. The van der Waals surface area contributed by atoms with E-state index < -0.39 is 11.8 Å². The Morgan fingerprint density at radius 3 is 2.29 bits per heavy atom. The topological polar surface area (TPSA) is 108 Å². The van der Waals surface area contributed by atoms with Gasteiger partial charge in [-0.2, -0.15) is 0 Å². The van der Waals surface area contributed by atoms with Gasteiger partial charge in [0.05, 0.1) is 19.8 Å². The number of hydrogen-bond acceptors (Lipinski definition) is 6. The average Bonchev–Trinajstić information content (AvgIpc) is 2.67. The van der Waals surface area contributed by atoms with Gasteiger partial charge in [-0.15, -0.1) is 0 Å². The number of rotatable bonds is 8. The summed E-state index contributed by atoms with van der Waals surface area (Å²) in [5, 5.41) is 2.66. The van der Waals surface area contributed by atoms with Crippen molar-refractivity contribution in [3.05, 3.63) is 52.5 Å². The number of hydrogen-bond donors (Lipinski definition) is 2. The minimum atomic E-state index is -0.520. The molecular weight excluding hydrogens is 404 g/mol. The van der Waals surface area contributed by atoms with Crippen LogP contribution >= 0.6 is 23.4 Å². The van der Waals surface area contributed by atoms with Gasteiger partial charge in [0.25, 0.3) is 5.91 Å². The maximum atomic E-state index is 12.8. The van der Waals surface area contributed by atoms with Crippen molar-refractivity contribution in [2.24, 2.45) is 5.73 Å². The van der Waals surface area contributed by atoms with Crippen molar-refractivity contribution in [1.29, 1.82) is 0 Å². The third-order valence-corrected chi connectivity index (χ3v) is 4.85. The summed E-state index contributed by atoms with van der Waals surface area (Å²) in [6, 6.07) is 9.41.